The van der Waals surface area contributed by atoms with Crippen LogP contribution in [0.4, 0.5) is 14.9 Å². The number of hydrogen-bond acceptors (Lipinski definition) is 6. The maximum Gasteiger partial charge on any atom is 0.350 e. The summed E-state index contributed by atoms with van der Waals surface area (Å²) in [7, 11) is 0. The van der Waals surface area contributed by atoms with Crippen LogP contribution >= 0.6 is 22.9 Å². The molecule has 2 aromatic carbocycles. The molecule has 0 aliphatic rings. The number of aryl methyl sites for hydroxylation is 1. The average molecular weight is 422 g/mol. The third-order valence-electron chi connectivity index (χ3n) is 4.02. The monoisotopic (exact) mass is 421 g/mol. The van der Waals surface area contributed by atoms with Crippen molar-refractivity contribution in [3.05, 3.63) is 63.7 Å². The number of ether oxygens (including phenoxy) is 1. The van der Waals surface area contributed by atoms with E-state index in [1.54, 1.807) is 29.6 Å². The van der Waals surface area contributed by atoms with Crippen molar-refractivity contribution in [2.45, 2.75) is 13.5 Å². The van der Waals surface area contributed by atoms with Crippen LogP contribution in [0.5, 0.6) is 5.19 Å². The highest BCUT2D eigenvalue weighted by atomic mass is 35.5. The molecule has 28 heavy (non-hydrogen) atoms. The van der Waals surface area contributed by atoms with E-state index in [1.807, 2.05) is 18.4 Å². The number of amides is 2. The van der Waals surface area contributed by atoms with Crippen LogP contribution in [0.1, 0.15) is 11.1 Å². The average Bonchev–Trinajstić information content (AvgIpc) is 3.14. The summed E-state index contributed by atoms with van der Waals surface area (Å²) in [6.45, 7) is 1.98. The number of benzene rings is 2. The van der Waals surface area contributed by atoms with E-state index in [1.165, 1.54) is 17.4 Å². The SMILES string of the molecule is Cc1cccc(N(N)C(=O)NN)c1COc1nc(-c2ccc(Cl)cc2F)cs1. The molecule has 0 fully saturated rings. The Morgan fingerprint density at radius 3 is 2.89 bits per heavy atom. The van der Waals surface area contributed by atoms with E-state index < -0.39 is 11.8 Å². The summed E-state index contributed by atoms with van der Waals surface area (Å²) in [5.74, 6) is 10.5. The van der Waals surface area contributed by atoms with Crippen LogP contribution in [0.3, 0.4) is 0 Å². The van der Waals surface area contributed by atoms with E-state index >= 15 is 0 Å². The number of nitrogens with one attached hydrogen (secondary N) is 1. The lowest BCUT2D eigenvalue weighted by molar-refractivity contribution is 0.246. The Balaban J connectivity index is 1.80. The van der Waals surface area contributed by atoms with E-state index in [-0.39, 0.29) is 6.61 Å². The second-order valence-electron chi connectivity index (χ2n) is 5.80. The number of nitrogens with two attached hydrogens (primary N) is 2. The molecule has 2 amide bonds. The Labute approximate surface area is 169 Å². The van der Waals surface area contributed by atoms with Crippen molar-refractivity contribution in [3.63, 3.8) is 0 Å². The summed E-state index contributed by atoms with van der Waals surface area (Å²) in [6.07, 6.45) is 0. The highest BCUT2D eigenvalue weighted by Gasteiger charge is 2.17. The van der Waals surface area contributed by atoms with Gasteiger partial charge < -0.3 is 4.74 Å². The quantitative estimate of drug-likeness (QED) is 0.330. The number of urea groups is 1. The van der Waals surface area contributed by atoms with Gasteiger partial charge in [-0.2, -0.15) is 0 Å². The van der Waals surface area contributed by atoms with Gasteiger partial charge in [0.05, 0.1) is 11.4 Å². The van der Waals surface area contributed by atoms with Gasteiger partial charge in [-0.3, -0.25) is 5.43 Å². The molecule has 7 nitrogen and oxygen atoms in total. The fourth-order valence-corrected chi connectivity index (χ4v) is 3.39. The van der Waals surface area contributed by atoms with Crippen LogP contribution in [-0.4, -0.2) is 11.0 Å². The molecule has 3 rings (SSSR count). The van der Waals surface area contributed by atoms with Crippen LogP contribution in [0.25, 0.3) is 11.3 Å². The predicted molar refractivity (Wildman–Crippen MR) is 107 cm³/mol. The first-order valence-electron chi connectivity index (χ1n) is 8.08. The van der Waals surface area contributed by atoms with Crippen molar-refractivity contribution in [1.29, 1.82) is 0 Å². The van der Waals surface area contributed by atoms with Crippen molar-refractivity contribution < 1.29 is 13.9 Å². The van der Waals surface area contributed by atoms with Crippen LogP contribution in [-0.2, 0) is 6.61 Å². The number of thiazole rings is 1. The van der Waals surface area contributed by atoms with Crippen molar-refractivity contribution in [2.75, 3.05) is 5.01 Å². The Morgan fingerprint density at radius 1 is 1.39 bits per heavy atom. The molecule has 0 bridgehead atoms. The highest BCUT2D eigenvalue weighted by Crippen LogP contribution is 2.31. The number of hydrazine groups is 2. The lowest BCUT2D eigenvalue weighted by atomic mass is 10.1. The molecule has 0 radical (unpaired) electrons. The van der Waals surface area contributed by atoms with Crippen molar-refractivity contribution in [3.8, 4) is 16.5 Å². The number of anilines is 1. The van der Waals surface area contributed by atoms with Gasteiger partial charge in [0.15, 0.2) is 0 Å². The minimum atomic E-state index is -0.665. The fraction of sp³-hybridized carbons (Fsp3) is 0.111. The first kappa shape index (κ1) is 20.0. The maximum atomic E-state index is 14.1. The Hall–Kier alpha value is -2.72. The number of rotatable bonds is 5. The van der Waals surface area contributed by atoms with E-state index in [4.69, 9.17) is 28.0 Å². The number of hydrogen-bond donors (Lipinski definition) is 3. The second kappa shape index (κ2) is 8.53. The standard InChI is InChI=1S/C18H17ClFN5O2S/c1-10-3-2-4-16(25(22)17(26)24-21)13(10)8-27-18-23-15(9-28-18)12-6-5-11(19)7-14(12)20/h2-7,9H,8,21-22H2,1H3,(H,24,26). The van der Waals surface area contributed by atoms with Crippen LogP contribution in [0.15, 0.2) is 41.8 Å². The van der Waals surface area contributed by atoms with E-state index in [9.17, 15) is 9.18 Å². The number of carbonyl (C=O) groups is 1. The van der Waals surface area contributed by atoms with Crippen molar-refractivity contribution in [1.82, 2.24) is 10.4 Å². The Kier molecular flexibility index (Phi) is 6.10. The van der Waals surface area contributed by atoms with Gasteiger partial charge >= 0.3 is 6.03 Å². The summed E-state index contributed by atoms with van der Waals surface area (Å²) < 4.78 is 19.8. The molecule has 0 atom stereocenters. The number of aromatic nitrogens is 1. The zero-order valence-electron chi connectivity index (χ0n) is 14.8. The zero-order valence-corrected chi connectivity index (χ0v) is 16.4. The molecule has 0 aliphatic carbocycles. The third-order valence-corrected chi connectivity index (χ3v) is 5.00. The summed E-state index contributed by atoms with van der Waals surface area (Å²) in [6, 6.07) is 9.04. The number of halogens is 2. The molecular formula is C18H17ClFN5O2S. The minimum absolute atomic E-state index is 0.115. The molecule has 0 unspecified atom stereocenters. The molecule has 0 aliphatic heterocycles. The Morgan fingerprint density at radius 2 is 2.18 bits per heavy atom. The van der Waals surface area contributed by atoms with Gasteiger partial charge in [-0.25, -0.2) is 30.9 Å². The number of nitrogens with zero attached hydrogens (tertiary/aromatic N) is 2. The second-order valence-corrected chi connectivity index (χ2v) is 7.06. The summed E-state index contributed by atoms with van der Waals surface area (Å²) in [5, 5.41) is 3.26. The molecule has 1 aromatic heterocycles. The van der Waals surface area contributed by atoms with Crippen LogP contribution < -0.4 is 26.9 Å². The van der Waals surface area contributed by atoms with Gasteiger partial charge in [0.1, 0.15) is 12.4 Å². The predicted octanol–water partition coefficient (Wildman–Crippen LogP) is 3.75. The van der Waals surface area contributed by atoms with Crippen LogP contribution in [0, 0.1) is 12.7 Å². The molecule has 0 saturated carbocycles. The number of carbonyl (C=O) groups excluding carboxylic acids is 1. The highest BCUT2D eigenvalue weighted by molar-refractivity contribution is 7.11. The molecular weight excluding hydrogens is 405 g/mol. The maximum absolute atomic E-state index is 14.1. The molecule has 0 saturated heterocycles. The topological polar surface area (TPSA) is 106 Å². The minimum Gasteiger partial charge on any atom is -0.465 e. The van der Waals surface area contributed by atoms with Gasteiger partial charge in [-0.1, -0.05) is 35.1 Å². The van der Waals surface area contributed by atoms with E-state index in [0.29, 0.717) is 32.7 Å². The van der Waals surface area contributed by atoms with Gasteiger partial charge in [0, 0.05) is 21.5 Å². The van der Waals surface area contributed by atoms with Crippen molar-refractivity contribution >= 4 is 34.7 Å². The first-order valence-corrected chi connectivity index (χ1v) is 9.34. The lowest BCUT2D eigenvalue weighted by Crippen LogP contribution is -2.48. The molecule has 5 N–H and O–H groups in total. The largest absolute Gasteiger partial charge is 0.465 e. The summed E-state index contributed by atoms with van der Waals surface area (Å²) in [5.41, 5.74) is 4.78. The van der Waals surface area contributed by atoms with E-state index in [2.05, 4.69) is 4.98 Å². The lowest BCUT2D eigenvalue weighted by Gasteiger charge is -2.20. The normalized spacial score (nSPS) is 10.6. The van der Waals surface area contributed by atoms with Crippen molar-refractivity contribution in [2.24, 2.45) is 11.7 Å². The Bertz CT molecular complexity index is 1010. The molecule has 1 heterocycles. The molecule has 0 spiro atoms. The molecule has 3 aromatic rings. The zero-order chi connectivity index (χ0) is 20.3. The smallest absolute Gasteiger partial charge is 0.350 e. The summed E-state index contributed by atoms with van der Waals surface area (Å²) >= 11 is 7.01. The molecule has 10 heteroatoms. The van der Waals surface area contributed by atoms with Gasteiger partial charge in [0.2, 0.25) is 0 Å². The summed E-state index contributed by atoms with van der Waals surface area (Å²) in [4.78, 5) is 16.0. The van der Waals surface area contributed by atoms with Gasteiger partial charge in [0.25, 0.3) is 5.19 Å². The fourth-order valence-electron chi connectivity index (χ4n) is 2.56. The van der Waals surface area contributed by atoms with E-state index in [0.717, 1.165) is 10.6 Å². The first-order chi connectivity index (χ1) is 13.4. The molecule has 146 valence electrons. The van der Waals surface area contributed by atoms with Gasteiger partial charge in [-0.05, 0) is 36.8 Å². The van der Waals surface area contributed by atoms with Gasteiger partial charge in [-0.15, -0.1) is 0 Å². The van der Waals surface area contributed by atoms with Crippen LogP contribution in [0.2, 0.25) is 5.02 Å². The third kappa shape index (κ3) is 4.23.